The normalized spacial score (nSPS) is 15.5. The molecule has 0 radical (unpaired) electrons. The van der Waals surface area contributed by atoms with E-state index in [1.54, 1.807) is 60.5 Å². The molecule has 2 atom stereocenters. The number of para-hydroxylation sites is 1. The van der Waals surface area contributed by atoms with Crippen LogP contribution in [-0.2, 0) is 16.6 Å². The minimum atomic E-state index is -3.74. The predicted octanol–water partition coefficient (Wildman–Crippen LogP) is 5.55. The van der Waals surface area contributed by atoms with Gasteiger partial charge in [-0.25, -0.2) is 17.9 Å². The predicted molar refractivity (Wildman–Crippen MR) is 204 cm³/mol. The number of pyridine rings is 1. The standard InChI is InChI=1S/C38H35ClN8O5S/c1-20(30-18-23-8-7-11-27(39)31(23)38(50)47(30)26-9-5-4-6-10-26)41-36(48)33-34(40)43-46-15-14-28(42-35(33)46)24-16-25-19-45(21(2)22-12-13-22)37(49)32(25)29(17-24)44-53(3,51)52/h4-11,14-18,20-22,44H,12-13,19H2,1-3H3,(H2,40,43)(H,41,48)/t20-,21-/m0/s1. The van der Waals surface area contributed by atoms with Crippen LogP contribution >= 0.6 is 11.6 Å². The quantitative estimate of drug-likeness (QED) is 0.172. The zero-order chi connectivity index (χ0) is 37.3. The number of hydrogen-bond acceptors (Lipinski definition) is 8. The molecule has 3 aromatic heterocycles. The van der Waals surface area contributed by atoms with Gasteiger partial charge in [0.15, 0.2) is 11.5 Å². The number of amides is 2. The molecule has 4 N–H and O–H groups in total. The Morgan fingerprint density at radius 2 is 1.77 bits per heavy atom. The molecule has 0 saturated heterocycles. The Balaban J connectivity index is 1.17. The highest BCUT2D eigenvalue weighted by Gasteiger charge is 2.40. The number of benzene rings is 3. The molecule has 53 heavy (non-hydrogen) atoms. The van der Waals surface area contributed by atoms with Crippen molar-refractivity contribution in [3.63, 3.8) is 0 Å². The number of fused-ring (bicyclic) bond motifs is 3. The van der Waals surface area contributed by atoms with Crippen molar-refractivity contribution in [3.8, 4) is 16.9 Å². The molecule has 1 aliphatic carbocycles. The van der Waals surface area contributed by atoms with Gasteiger partial charge in [0, 0.05) is 35.7 Å². The van der Waals surface area contributed by atoms with Crippen LogP contribution in [0.3, 0.4) is 0 Å². The molecule has 270 valence electrons. The van der Waals surface area contributed by atoms with Crippen LogP contribution in [-0.4, -0.2) is 56.6 Å². The van der Waals surface area contributed by atoms with Crippen molar-refractivity contribution in [2.75, 3.05) is 16.7 Å². The molecule has 1 saturated carbocycles. The molecule has 4 heterocycles. The molecular formula is C38H35ClN8O5S. The van der Waals surface area contributed by atoms with E-state index in [0.29, 0.717) is 62.0 Å². The second kappa shape index (κ2) is 12.7. The first-order valence-corrected chi connectivity index (χ1v) is 19.4. The van der Waals surface area contributed by atoms with Crippen LogP contribution in [0.15, 0.2) is 83.8 Å². The maximum Gasteiger partial charge on any atom is 0.264 e. The summed E-state index contributed by atoms with van der Waals surface area (Å²) in [4.78, 5) is 48.2. The molecule has 2 aliphatic rings. The van der Waals surface area contributed by atoms with Crippen LogP contribution in [0.4, 0.5) is 11.5 Å². The van der Waals surface area contributed by atoms with Crippen molar-refractivity contribution in [2.45, 2.75) is 45.3 Å². The number of nitrogens with zero attached hydrogens (tertiary/aromatic N) is 5. The number of carbonyl (C=O) groups excluding carboxylic acids is 2. The number of nitrogen functional groups attached to an aromatic ring is 1. The molecule has 0 bridgehead atoms. The third-order valence-corrected chi connectivity index (χ3v) is 10.9. The lowest BCUT2D eigenvalue weighted by Crippen LogP contribution is -2.34. The van der Waals surface area contributed by atoms with Crippen molar-refractivity contribution in [1.29, 1.82) is 0 Å². The van der Waals surface area contributed by atoms with Gasteiger partial charge < -0.3 is 16.0 Å². The molecule has 1 aliphatic heterocycles. The summed E-state index contributed by atoms with van der Waals surface area (Å²) in [5.41, 5.74) is 9.39. The Labute approximate surface area is 309 Å². The molecule has 2 amide bonds. The van der Waals surface area contributed by atoms with Crippen molar-refractivity contribution in [1.82, 2.24) is 29.4 Å². The van der Waals surface area contributed by atoms with Gasteiger partial charge >= 0.3 is 0 Å². The van der Waals surface area contributed by atoms with Crippen molar-refractivity contribution >= 4 is 61.4 Å². The van der Waals surface area contributed by atoms with Gasteiger partial charge in [0.05, 0.1) is 39.7 Å². The Kier molecular flexibility index (Phi) is 8.26. The highest BCUT2D eigenvalue weighted by molar-refractivity contribution is 7.92. The van der Waals surface area contributed by atoms with Crippen LogP contribution in [0.5, 0.6) is 0 Å². The van der Waals surface area contributed by atoms with E-state index >= 15 is 0 Å². The first kappa shape index (κ1) is 34.4. The molecule has 8 rings (SSSR count). The van der Waals surface area contributed by atoms with Gasteiger partial charge in [-0.2, -0.15) is 0 Å². The summed E-state index contributed by atoms with van der Waals surface area (Å²) in [5, 5.41) is 8.61. The fraction of sp³-hybridized carbons (Fsp3) is 0.237. The van der Waals surface area contributed by atoms with E-state index in [9.17, 15) is 22.8 Å². The fourth-order valence-corrected chi connectivity index (χ4v) is 8.06. The topological polar surface area (TPSA) is 174 Å². The lowest BCUT2D eigenvalue weighted by atomic mass is 10.0. The van der Waals surface area contributed by atoms with Gasteiger partial charge in [-0.15, -0.1) is 5.10 Å². The molecule has 6 aromatic rings. The number of nitrogens with two attached hydrogens (primary N) is 1. The molecule has 13 nitrogen and oxygen atoms in total. The van der Waals surface area contributed by atoms with Gasteiger partial charge in [-0.1, -0.05) is 41.9 Å². The number of sulfonamides is 1. The van der Waals surface area contributed by atoms with E-state index in [4.69, 9.17) is 22.3 Å². The SMILES string of the molecule is C[C@H](NC(=O)c1c(N)nn2ccc(-c3cc4c(c(NS(C)(=O)=O)c3)C(=O)N([C@@H](C)C3CC3)C4)nc12)c1cc2cccc(Cl)c2c(=O)n1-c1ccccc1. The zero-order valence-electron chi connectivity index (χ0n) is 29.0. The highest BCUT2D eigenvalue weighted by atomic mass is 35.5. The number of halogens is 1. The first-order chi connectivity index (χ1) is 25.3. The number of aromatic nitrogens is 4. The first-order valence-electron chi connectivity index (χ1n) is 17.1. The fourth-order valence-electron chi connectivity index (χ4n) is 7.24. The minimum Gasteiger partial charge on any atom is -0.381 e. The maximum atomic E-state index is 14.1. The van der Waals surface area contributed by atoms with Gasteiger partial charge in [-0.3, -0.25) is 23.7 Å². The molecule has 3 aromatic carbocycles. The second-order valence-corrected chi connectivity index (χ2v) is 15.9. The number of nitrogens with one attached hydrogen (secondary N) is 2. The lowest BCUT2D eigenvalue weighted by Gasteiger charge is -2.24. The van der Waals surface area contributed by atoms with Crippen LogP contribution in [0.25, 0.3) is 33.4 Å². The average Bonchev–Trinajstić information content (AvgIpc) is 3.83. The third-order valence-electron chi connectivity index (χ3n) is 9.99. The van der Waals surface area contributed by atoms with Gasteiger partial charge in [0.2, 0.25) is 10.0 Å². The summed E-state index contributed by atoms with van der Waals surface area (Å²) in [5.74, 6) is -0.428. The third kappa shape index (κ3) is 6.17. The minimum absolute atomic E-state index is 0.0198. The number of carbonyl (C=O) groups is 2. The monoisotopic (exact) mass is 750 g/mol. The zero-order valence-corrected chi connectivity index (χ0v) is 30.6. The summed E-state index contributed by atoms with van der Waals surface area (Å²) < 4.78 is 30.3. The molecular weight excluding hydrogens is 716 g/mol. The Morgan fingerprint density at radius 3 is 2.49 bits per heavy atom. The van der Waals surface area contributed by atoms with E-state index in [2.05, 4.69) is 15.1 Å². The Morgan fingerprint density at radius 1 is 1.02 bits per heavy atom. The smallest absolute Gasteiger partial charge is 0.264 e. The van der Waals surface area contributed by atoms with E-state index in [1.165, 1.54) is 9.08 Å². The highest BCUT2D eigenvalue weighted by Crippen LogP contribution is 2.41. The summed E-state index contributed by atoms with van der Waals surface area (Å²) >= 11 is 6.48. The van der Waals surface area contributed by atoms with E-state index < -0.39 is 22.0 Å². The lowest BCUT2D eigenvalue weighted by molar-refractivity contribution is 0.0698. The van der Waals surface area contributed by atoms with E-state index in [0.717, 1.165) is 19.1 Å². The van der Waals surface area contributed by atoms with E-state index in [-0.39, 0.29) is 40.2 Å². The van der Waals surface area contributed by atoms with Crippen LogP contribution in [0, 0.1) is 5.92 Å². The molecule has 15 heteroatoms. The van der Waals surface area contributed by atoms with Crippen molar-refractivity contribution in [3.05, 3.63) is 117 Å². The van der Waals surface area contributed by atoms with Crippen LogP contribution in [0.2, 0.25) is 5.02 Å². The summed E-state index contributed by atoms with van der Waals surface area (Å²) in [6.07, 6.45) is 4.75. The summed E-state index contributed by atoms with van der Waals surface area (Å²) in [6, 6.07) is 20.5. The number of hydrogen-bond donors (Lipinski definition) is 3. The van der Waals surface area contributed by atoms with Gasteiger partial charge in [0.25, 0.3) is 17.4 Å². The molecule has 0 spiro atoms. The summed E-state index contributed by atoms with van der Waals surface area (Å²) in [7, 11) is -3.74. The second-order valence-electron chi connectivity index (χ2n) is 13.7. The van der Waals surface area contributed by atoms with Crippen molar-refractivity contribution < 1.29 is 18.0 Å². The van der Waals surface area contributed by atoms with Gasteiger partial charge in [0.1, 0.15) is 5.56 Å². The van der Waals surface area contributed by atoms with E-state index in [1.807, 2.05) is 37.3 Å². The van der Waals surface area contributed by atoms with Crippen LogP contribution < -0.4 is 21.3 Å². The summed E-state index contributed by atoms with van der Waals surface area (Å²) in [6.45, 7) is 4.12. The average molecular weight is 751 g/mol. The Bertz CT molecular complexity index is 2670. The number of rotatable bonds is 9. The maximum absolute atomic E-state index is 14.1. The Hall–Kier alpha value is -5.73. The van der Waals surface area contributed by atoms with Gasteiger partial charge in [-0.05, 0) is 86.0 Å². The molecule has 0 unspecified atom stereocenters. The number of anilines is 2. The largest absolute Gasteiger partial charge is 0.381 e. The van der Waals surface area contributed by atoms with Crippen LogP contribution in [0.1, 0.15) is 64.7 Å². The van der Waals surface area contributed by atoms with Crippen molar-refractivity contribution in [2.24, 2.45) is 5.92 Å². The molecule has 1 fully saturated rings.